The molecular formula is C19H22N2O4. The highest BCUT2D eigenvalue weighted by molar-refractivity contribution is 5.90. The van der Waals surface area contributed by atoms with E-state index in [-0.39, 0.29) is 11.9 Å². The molecule has 3 rings (SSSR count). The van der Waals surface area contributed by atoms with Crippen LogP contribution in [0.5, 0.6) is 0 Å². The Morgan fingerprint density at radius 1 is 1.36 bits per heavy atom. The average Bonchev–Trinajstić information content (AvgIpc) is 2.94. The van der Waals surface area contributed by atoms with Crippen molar-refractivity contribution in [1.82, 2.24) is 4.90 Å². The summed E-state index contributed by atoms with van der Waals surface area (Å²) in [7, 11) is 1.36. The van der Waals surface area contributed by atoms with Crippen LogP contribution in [0.4, 0.5) is 5.69 Å². The second-order valence-corrected chi connectivity index (χ2v) is 6.26. The molecule has 1 aromatic carbocycles. The molecule has 1 aromatic heterocycles. The first-order chi connectivity index (χ1) is 12.0. The monoisotopic (exact) mass is 342 g/mol. The number of furan rings is 1. The number of hydrogen-bond donors (Lipinski definition) is 1. The molecule has 1 N–H and O–H groups in total. The highest BCUT2D eigenvalue weighted by atomic mass is 16.5. The minimum Gasteiger partial charge on any atom is -0.465 e. The number of hydrogen-bond acceptors (Lipinski definition) is 5. The number of rotatable bonds is 4. The number of esters is 1. The summed E-state index contributed by atoms with van der Waals surface area (Å²) in [5.41, 5.74) is 3.77. The van der Waals surface area contributed by atoms with Crippen molar-refractivity contribution in [3.05, 3.63) is 52.5 Å². The number of nitrogens with one attached hydrogen (secondary N) is 1. The topological polar surface area (TPSA) is 71.8 Å². The fourth-order valence-corrected chi connectivity index (χ4v) is 3.26. The normalized spacial score (nSPS) is 14.0. The summed E-state index contributed by atoms with van der Waals surface area (Å²) in [5.74, 6) is 0.889. The Hall–Kier alpha value is -2.60. The van der Waals surface area contributed by atoms with Crippen LogP contribution in [0.15, 0.2) is 28.7 Å². The predicted molar refractivity (Wildman–Crippen MR) is 93.3 cm³/mol. The second-order valence-electron chi connectivity index (χ2n) is 6.26. The van der Waals surface area contributed by atoms with Gasteiger partial charge in [-0.1, -0.05) is 12.1 Å². The zero-order valence-electron chi connectivity index (χ0n) is 14.7. The van der Waals surface area contributed by atoms with Crippen LogP contribution in [-0.4, -0.2) is 30.4 Å². The van der Waals surface area contributed by atoms with Gasteiger partial charge in [-0.05, 0) is 36.6 Å². The van der Waals surface area contributed by atoms with E-state index in [0.29, 0.717) is 17.9 Å². The molecule has 0 aliphatic carbocycles. The summed E-state index contributed by atoms with van der Waals surface area (Å²) in [6.45, 7) is 5.54. The number of fused-ring (bicyclic) bond motifs is 1. The lowest BCUT2D eigenvalue weighted by molar-refractivity contribution is -0.114. The predicted octanol–water partition coefficient (Wildman–Crippen LogP) is 2.89. The van der Waals surface area contributed by atoms with E-state index in [4.69, 9.17) is 9.15 Å². The SMILES string of the molecule is COC(=O)c1cc(CN2CCc3c(cccc3NC(C)=O)C2)oc1C. The highest BCUT2D eigenvalue weighted by Gasteiger charge is 2.22. The summed E-state index contributed by atoms with van der Waals surface area (Å²) >= 11 is 0. The molecule has 0 saturated carbocycles. The van der Waals surface area contributed by atoms with E-state index in [9.17, 15) is 9.59 Å². The first kappa shape index (κ1) is 17.2. The van der Waals surface area contributed by atoms with Gasteiger partial charge in [0.25, 0.3) is 0 Å². The minimum absolute atomic E-state index is 0.0581. The van der Waals surface area contributed by atoms with Gasteiger partial charge in [0.05, 0.1) is 13.7 Å². The Balaban J connectivity index is 1.73. The Morgan fingerprint density at radius 3 is 2.88 bits per heavy atom. The van der Waals surface area contributed by atoms with Crippen molar-refractivity contribution in [2.24, 2.45) is 0 Å². The van der Waals surface area contributed by atoms with E-state index in [0.717, 1.165) is 31.0 Å². The molecule has 132 valence electrons. The summed E-state index contributed by atoms with van der Waals surface area (Å²) in [5, 5.41) is 2.90. The fraction of sp³-hybridized carbons (Fsp3) is 0.368. The number of ether oxygens (including phenoxy) is 1. The third-order valence-electron chi connectivity index (χ3n) is 4.41. The third kappa shape index (κ3) is 3.74. The highest BCUT2D eigenvalue weighted by Crippen LogP contribution is 2.27. The van der Waals surface area contributed by atoms with Crippen molar-refractivity contribution in [2.45, 2.75) is 33.4 Å². The lowest BCUT2D eigenvalue weighted by atomic mass is 9.97. The number of carbonyl (C=O) groups excluding carboxylic acids is 2. The molecule has 0 unspecified atom stereocenters. The first-order valence-corrected chi connectivity index (χ1v) is 8.26. The lowest BCUT2D eigenvalue weighted by Crippen LogP contribution is -2.30. The number of methoxy groups -OCH3 is 1. The van der Waals surface area contributed by atoms with Crippen LogP contribution >= 0.6 is 0 Å². The van der Waals surface area contributed by atoms with Crippen molar-refractivity contribution in [2.75, 3.05) is 19.0 Å². The van der Waals surface area contributed by atoms with E-state index >= 15 is 0 Å². The van der Waals surface area contributed by atoms with Gasteiger partial charge in [0.2, 0.25) is 5.91 Å². The maximum Gasteiger partial charge on any atom is 0.341 e. The van der Waals surface area contributed by atoms with Crippen molar-refractivity contribution in [1.29, 1.82) is 0 Å². The first-order valence-electron chi connectivity index (χ1n) is 8.26. The largest absolute Gasteiger partial charge is 0.465 e. The van der Waals surface area contributed by atoms with E-state index in [1.807, 2.05) is 12.1 Å². The average molecular weight is 342 g/mol. The van der Waals surface area contributed by atoms with Gasteiger partial charge in [0, 0.05) is 25.7 Å². The molecule has 1 amide bonds. The van der Waals surface area contributed by atoms with Gasteiger partial charge in [-0.3, -0.25) is 9.69 Å². The molecule has 0 bridgehead atoms. The van der Waals surface area contributed by atoms with Crippen LogP contribution in [0.1, 0.15) is 39.9 Å². The van der Waals surface area contributed by atoms with Crippen molar-refractivity contribution in [3.8, 4) is 0 Å². The van der Waals surface area contributed by atoms with E-state index in [1.54, 1.807) is 13.0 Å². The number of amides is 1. The molecule has 2 aromatic rings. The zero-order chi connectivity index (χ0) is 18.0. The summed E-state index contributed by atoms with van der Waals surface area (Å²) in [4.78, 5) is 25.3. The number of carbonyl (C=O) groups is 2. The summed E-state index contributed by atoms with van der Waals surface area (Å²) in [6, 6.07) is 7.74. The number of benzene rings is 1. The molecule has 2 heterocycles. The molecular weight excluding hydrogens is 320 g/mol. The number of nitrogens with zero attached hydrogens (tertiary/aromatic N) is 1. The van der Waals surface area contributed by atoms with Gasteiger partial charge in [0.1, 0.15) is 17.1 Å². The van der Waals surface area contributed by atoms with Crippen molar-refractivity contribution in [3.63, 3.8) is 0 Å². The smallest absolute Gasteiger partial charge is 0.341 e. The number of aryl methyl sites for hydroxylation is 1. The quantitative estimate of drug-likeness (QED) is 0.865. The molecule has 0 atom stereocenters. The van der Waals surface area contributed by atoms with Crippen molar-refractivity contribution < 1.29 is 18.7 Å². The van der Waals surface area contributed by atoms with Gasteiger partial charge in [0.15, 0.2) is 0 Å². The number of anilines is 1. The maximum absolute atomic E-state index is 11.7. The molecule has 1 aliphatic heterocycles. The molecule has 0 saturated heterocycles. The van der Waals surface area contributed by atoms with Crippen molar-refractivity contribution >= 4 is 17.6 Å². The molecule has 6 nitrogen and oxygen atoms in total. The molecule has 0 radical (unpaired) electrons. The summed E-state index contributed by atoms with van der Waals surface area (Å²) < 4.78 is 10.5. The minimum atomic E-state index is -0.378. The zero-order valence-corrected chi connectivity index (χ0v) is 14.7. The Kier molecular flexibility index (Phi) is 4.90. The van der Waals surface area contributed by atoms with Crippen LogP contribution in [0.3, 0.4) is 0 Å². The summed E-state index contributed by atoms with van der Waals surface area (Å²) in [6.07, 6.45) is 0.856. The van der Waals surface area contributed by atoms with E-state index < -0.39 is 0 Å². The molecule has 6 heteroatoms. The lowest BCUT2D eigenvalue weighted by Gasteiger charge is -2.29. The molecule has 0 fully saturated rings. The van der Waals surface area contributed by atoms with Crippen LogP contribution in [0.25, 0.3) is 0 Å². The standard InChI is InChI=1S/C19H22N2O4/c1-12-17(19(23)24-3)9-15(25-12)11-21-8-7-16-14(10-21)5-4-6-18(16)20-13(2)22/h4-6,9H,7-8,10-11H2,1-3H3,(H,20,22). The third-order valence-corrected chi connectivity index (χ3v) is 4.41. The Morgan fingerprint density at radius 2 is 2.16 bits per heavy atom. The van der Waals surface area contributed by atoms with E-state index in [2.05, 4.69) is 16.3 Å². The van der Waals surface area contributed by atoms with Gasteiger partial charge in [-0.15, -0.1) is 0 Å². The Bertz CT molecular complexity index is 810. The van der Waals surface area contributed by atoms with Gasteiger partial charge in [-0.25, -0.2) is 4.79 Å². The molecule has 0 spiro atoms. The van der Waals surface area contributed by atoms with Crippen LogP contribution in [0.2, 0.25) is 0 Å². The Labute approximate surface area is 146 Å². The molecule has 25 heavy (non-hydrogen) atoms. The fourth-order valence-electron chi connectivity index (χ4n) is 3.26. The van der Waals surface area contributed by atoms with Crippen LogP contribution in [-0.2, 0) is 29.0 Å². The van der Waals surface area contributed by atoms with Gasteiger partial charge >= 0.3 is 5.97 Å². The molecule has 1 aliphatic rings. The van der Waals surface area contributed by atoms with E-state index in [1.165, 1.54) is 25.2 Å². The van der Waals surface area contributed by atoms with Crippen LogP contribution < -0.4 is 5.32 Å². The maximum atomic E-state index is 11.7. The second kappa shape index (κ2) is 7.11. The van der Waals surface area contributed by atoms with Gasteiger partial charge < -0.3 is 14.5 Å². The van der Waals surface area contributed by atoms with Gasteiger partial charge in [-0.2, -0.15) is 0 Å². The van der Waals surface area contributed by atoms with Crippen LogP contribution in [0, 0.1) is 6.92 Å².